The van der Waals surface area contributed by atoms with E-state index in [0.717, 1.165) is 18.1 Å². The van der Waals surface area contributed by atoms with Crippen LogP contribution in [0.4, 0.5) is 8.78 Å². The van der Waals surface area contributed by atoms with Crippen LogP contribution in [-0.2, 0) is 0 Å². The largest absolute Gasteiger partial charge is 0.305 e. The zero-order valence-electron chi connectivity index (χ0n) is 10.9. The lowest BCUT2D eigenvalue weighted by Crippen LogP contribution is -2.04. The maximum absolute atomic E-state index is 12.6. The first-order valence-corrected chi connectivity index (χ1v) is 6.03. The molecule has 0 saturated carbocycles. The van der Waals surface area contributed by atoms with Gasteiger partial charge >= 0.3 is 5.92 Å². The van der Waals surface area contributed by atoms with Crippen LogP contribution < -0.4 is 0 Å². The van der Waals surface area contributed by atoms with E-state index in [1.165, 1.54) is 5.56 Å². The molecule has 0 spiro atoms. The first-order chi connectivity index (χ1) is 8.96. The molecule has 0 aliphatic heterocycles. The summed E-state index contributed by atoms with van der Waals surface area (Å²) in [5, 5.41) is 0. The van der Waals surface area contributed by atoms with Gasteiger partial charge in [-0.1, -0.05) is 42.3 Å². The summed E-state index contributed by atoms with van der Waals surface area (Å²) in [5.41, 5.74) is 3.98. The molecule has 2 heteroatoms. The van der Waals surface area contributed by atoms with Crippen molar-refractivity contribution in [3.8, 4) is 23.0 Å². The Morgan fingerprint density at radius 2 is 1.58 bits per heavy atom. The molecule has 0 aliphatic carbocycles. The van der Waals surface area contributed by atoms with Crippen LogP contribution in [0, 0.1) is 18.8 Å². The Labute approximate surface area is 112 Å². The molecule has 0 aliphatic rings. The van der Waals surface area contributed by atoms with Crippen molar-refractivity contribution in [2.75, 3.05) is 0 Å². The minimum absolute atomic E-state index is 0.596. The molecule has 0 saturated heterocycles. The number of rotatable bonds is 1. The van der Waals surface area contributed by atoms with Crippen molar-refractivity contribution in [3.05, 3.63) is 59.7 Å². The van der Waals surface area contributed by atoms with Gasteiger partial charge in [0.05, 0.1) is 0 Å². The molecule has 0 radical (unpaired) electrons. The van der Waals surface area contributed by atoms with E-state index in [9.17, 15) is 8.78 Å². The van der Waals surface area contributed by atoms with E-state index in [2.05, 4.69) is 5.92 Å². The smallest absolute Gasteiger partial charge is 0.192 e. The highest BCUT2D eigenvalue weighted by Gasteiger charge is 2.15. The second-order valence-corrected chi connectivity index (χ2v) is 4.53. The number of hydrogen-bond acceptors (Lipinski definition) is 0. The van der Waals surface area contributed by atoms with Gasteiger partial charge in [-0.15, -0.1) is 0 Å². The van der Waals surface area contributed by atoms with E-state index in [1.807, 2.05) is 49.2 Å². The predicted molar refractivity (Wildman–Crippen MR) is 74.1 cm³/mol. The summed E-state index contributed by atoms with van der Waals surface area (Å²) < 4.78 is 25.3. The summed E-state index contributed by atoms with van der Waals surface area (Å²) in [6.07, 6.45) is 0. The molecule has 19 heavy (non-hydrogen) atoms. The Balaban J connectivity index is 2.29. The fraction of sp³-hybridized carbons (Fsp3) is 0.176. The van der Waals surface area contributed by atoms with Crippen molar-refractivity contribution >= 4 is 0 Å². The first kappa shape index (κ1) is 13.3. The van der Waals surface area contributed by atoms with Gasteiger partial charge in [0.2, 0.25) is 0 Å². The Hall–Kier alpha value is -2.14. The van der Waals surface area contributed by atoms with E-state index >= 15 is 0 Å². The molecule has 0 aromatic heterocycles. The molecule has 0 N–H and O–H groups in total. The molecule has 0 fully saturated rings. The van der Waals surface area contributed by atoms with Gasteiger partial charge in [0.25, 0.3) is 0 Å². The quantitative estimate of drug-likeness (QED) is 0.650. The van der Waals surface area contributed by atoms with E-state index in [-0.39, 0.29) is 0 Å². The van der Waals surface area contributed by atoms with Crippen LogP contribution in [0.1, 0.15) is 18.1 Å². The Morgan fingerprint density at radius 1 is 0.947 bits per heavy atom. The predicted octanol–water partition coefficient (Wildman–Crippen LogP) is 4.67. The third-order valence-corrected chi connectivity index (χ3v) is 2.77. The lowest BCUT2D eigenvalue weighted by molar-refractivity contribution is 0.0889. The van der Waals surface area contributed by atoms with Gasteiger partial charge < -0.3 is 0 Å². The third-order valence-electron chi connectivity index (χ3n) is 2.77. The fourth-order valence-corrected chi connectivity index (χ4v) is 1.81. The fourth-order valence-electron chi connectivity index (χ4n) is 1.81. The molecule has 2 aromatic carbocycles. The number of aryl methyl sites for hydroxylation is 1. The van der Waals surface area contributed by atoms with Crippen molar-refractivity contribution in [2.45, 2.75) is 19.8 Å². The average Bonchev–Trinajstić information content (AvgIpc) is 2.37. The molecule has 0 nitrogen and oxygen atoms in total. The molecule has 2 rings (SSSR count). The highest BCUT2D eigenvalue weighted by molar-refractivity contribution is 5.67. The minimum Gasteiger partial charge on any atom is -0.192 e. The summed E-state index contributed by atoms with van der Waals surface area (Å²) in [4.78, 5) is 0. The van der Waals surface area contributed by atoms with Crippen molar-refractivity contribution in [1.82, 2.24) is 0 Å². The maximum atomic E-state index is 12.6. The summed E-state index contributed by atoms with van der Waals surface area (Å²) >= 11 is 0. The van der Waals surface area contributed by atoms with E-state index in [1.54, 1.807) is 12.1 Å². The highest BCUT2D eigenvalue weighted by Crippen LogP contribution is 2.23. The second kappa shape index (κ2) is 5.24. The lowest BCUT2D eigenvalue weighted by atomic mass is 10.00. The molecule has 0 amide bonds. The molecule has 2 aromatic rings. The Bertz CT molecular complexity index is 623. The molecular weight excluding hydrogens is 242 g/mol. The van der Waals surface area contributed by atoms with Crippen LogP contribution in [-0.4, -0.2) is 5.92 Å². The van der Waals surface area contributed by atoms with Gasteiger partial charge in [-0.25, -0.2) is 0 Å². The highest BCUT2D eigenvalue weighted by atomic mass is 19.3. The van der Waals surface area contributed by atoms with Gasteiger partial charge in [0.15, 0.2) is 0 Å². The SMILES string of the molecule is Cc1ccccc1-c1ccc(C#CC(C)(F)F)cc1. The van der Waals surface area contributed by atoms with Crippen LogP contribution in [0.2, 0.25) is 0 Å². The first-order valence-electron chi connectivity index (χ1n) is 6.03. The lowest BCUT2D eigenvalue weighted by Gasteiger charge is -2.05. The molecule has 0 heterocycles. The zero-order chi connectivity index (χ0) is 13.9. The number of halogens is 2. The maximum Gasteiger partial charge on any atom is 0.305 e. The van der Waals surface area contributed by atoms with Crippen molar-refractivity contribution in [2.24, 2.45) is 0 Å². The molecular formula is C17H14F2. The molecule has 0 bridgehead atoms. The number of alkyl halides is 2. The summed E-state index contributed by atoms with van der Waals surface area (Å²) in [6, 6.07) is 15.4. The second-order valence-electron chi connectivity index (χ2n) is 4.53. The third kappa shape index (κ3) is 3.66. The topological polar surface area (TPSA) is 0 Å². The van der Waals surface area contributed by atoms with Gasteiger partial charge in [-0.3, -0.25) is 0 Å². The molecule has 96 valence electrons. The van der Waals surface area contributed by atoms with Crippen LogP contribution in [0.15, 0.2) is 48.5 Å². The van der Waals surface area contributed by atoms with Gasteiger partial charge in [0.1, 0.15) is 0 Å². The minimum atomic E-state index is -2.95. The van der Waals surface area contributed by atoms with Crippen LogP contribution in [0.25, 0.3) is 11.1 Å². The zero-order valence-corrected chi connectivity index (χ0v) is 10.9. The monoisotopic (exact) mass is 256 g/mol. The Kier molecular flexibility index (Phi) is 3.66. The molecule has 0 atom stereocenters. The summed E-state index contributed by atoms with van der Waals surface area (Å²) in [5.74, 6) is 1.45. The summed E-state index contributed by atoms with van der Waals surface area (Å²) in [6.45, 7) is 2.84. The normalized spacial score (nSPS) is 10.7. The van der Waals surface area contributed by atoms with E-state index < -0.39 is 5.92 Å². The van der Waals surface area contributed by atoms with Gasteiger partial charge in [-0.2, -0.15) is 8.78 Å². The van der Waals surface area contributed by atoms with Gasteiger partial charge in [-0.05, 0) is 41.7 Å². The van der Waals surface area contributed by atoms with Crippen molar-refractivity contribution in [3.63, 3.8) is 0 Å². The van der Waals surface area contributed by atoms with E-state index in [4.69, 9.17) is 0 Å². The molecule has 0 unspecified atom stereocenters. The van der Waals surface area contributed by atoms with Crippen LogP contribution in [0.5, 0.6) is 0 Å². The van der Waals surface area contributed by atoms with Crippen molar-refractivity contribution < 1.29 is 8.78 Å². The number of benzene rings is 2. The standard InChI is InChI=1S/C17H14F2/c1-13-5-3-4-6-16(13)15-9-7-14(8-10-15)11-12-17(2,18)19/h3-10H,1-2H3. The number of hydrogen-bond donors (Lipinski definition) is 0. The Morgan fingerprint density at radius 3 is 2.16 bits per heavy atom. The summed E-state index contributed by atoms with van der Waals surface area (Å²) in [7, 11) is 0. The van der Waals surface area contributed by atoms with Crippen LogP contribution >= 0.6 is 0 Å². The van der Waals surface area contributed by atoms with Gasteiger partial charge in [0, 0.05) is 12.5 Å². The van der Waals surface area contributed by atoms with Crippen molar-refractivity contribution in [1.29, 1.82) is 0 Å². The average molecular weight is 256 g/mol. The van der Waals surface area contributed by atoms with E-state index in [0.29, 0.717) is 5.56 Å². The van der Waals surface area contributed by atoms with Crippen LogP contribution in [0.3, 0.4) is 0 Å².